The third-order valence-electron chi connectivity index (χ3n) is 5.82. The molecule has 0 spiro atoms. The van der Waals surface area contributed by atoms with Crippen molar-refractivity contribution in [2.75, 3.05) is 36.1 Å². The summed E-state index contributed by atoms with van der Waals surface area (Å²) in [6, 6.07) is 15.3. The highest BCUT2D eigenvalue weighted by molar-refractivity contribution is 8.00. The van der Waals surface area contributed by atoms with Gasteiger partial charge in [-0.15, -0.1) is 11.8 Å². The summed E-state index contributed by atoms with van der Waals surface area (Å²) in [5.41, 5.74) is 2.40. The van der Waals surface area contributed by atoms with Gasteiger partial charge in [-0.25, -0.2) is 0 Å². The molecule has 6 heteroatoms. The Balaban J connectivity index is 1.56. The van der Waals surface area contributed by atoms with Gasteiger partial charge in [-0.05, 0) is 56.0 Å². The van der Waals surface area contributed by atoms with Gasteiger partial charge in [0.25, 0.3) is 5.91 Å². The third kappa shape index (κ3) is 7.03. The first kappa shape index (κ1) is 23.2. The van der Waals surface area contributed by atoms with Crippen LogP contribution in [0.4, 0.5) is 11.4 Å². The second kappa shape index (κ2) is 11.8. The van der Waals surface area contributed by atoms with Gasteiger partial charge in [-0.3, -0.25) is 9.59 Å². The Kier molecular flexibility index (Phi) is 8.83. The first-order valence-corrected chi connectivity index (χ1v) is 12.2. The number of amides is 2. The number of hydrogen-bond acceptors (Lipinski definition) is 4. The van der Waals surface area contributed by atoms with Gasteiger partial charge in [0.2, 0.25) is 5.91 Å². The van der Waals surface area contributed by atoms with Crippen LogP contribution in [0.2, 0.25) is 0 Å². The minimum atomic E-state index is -0.165. The molecule has 2 aromatic carbocycles. The van der Waals surface area contributed by atoms with Crippen LogP contribution < -0.4 is 15.5 Å². The van der Waals surface area contributed by atoms with E-state index in [4.69, 9.17) is 0 Å². The molecular weight excluding hydrogens is 406 g/mol. The summed E-state index contributed by atoms with van der Waals surface area (Å²) in [5, 5.41) is 6.06. The number of thioether (sulfide) groups is 1. The van der Waals surface area contributed by atoms with Crippen LogP contribution in [-0.4, -0.2) is 37.7 Å². The first-order valence-electron chi connectivity index (χ1n) is 11.2. The predicted molar refractivity (Wildman–Crippen MR) is 130 cm³/mol. The zero-order chi connectivity index (χ0) is 22.1. The third-order valence-corrected chi connectivity index (χ3v) is 6.90. The van der Waals surface area contributed by atoms with Crippen molar-refractivity contribution in [2.24, 2.45) is 5.92 Å². The number of nitrogens with one attached hydrogen (secondary N) is 2. The van der Waals surface area contributed by atoms with Crippen LogP contribution in [0.1, 0.15) is 49.4 Å². The minimum absolute atomic E-state index is 0.0288. The van der Waals surface area contributed by atoms with Crippen LogP contribution in [0.3, 0.4) is 0 Å². The van der Waals surface area contributed by atoms with E-state index in [0.717, 1.165) is 29.4 Å². The summed E-state index contributed by atoms with van der Waals surface area (Å²) in [6.07, 6.45) is 6.29. The maximum absolute atomic E-state index is 12.9. The zero-order valence-corrected chi connectivity index (χ0v) is 19.3. The fraction of sp³-hybridized carbons (Fsp3) is 0.440. The Morgan fingerprint density at radius 1 is 1.06 bits per heavy atom. The van der Waals surface area contributed by atoms with Crippen LogP contribution in [0, 0.1) is 5.92 Å². The molecule has 5 nitrogen and oxygen atoms in total. The number of hydrogen-bond donors (Lipinski definition) is 2. The topological polar surface area (TPSA) is 61.4 Å². The maximum Gasteiger partial charge on any atom is 0.256 e. The zero-order valence-electron chi connectivity index (χ0n) is 18.5. The van der Waals surface area contributed by atoms with E-state index in [0.29, 0.717) is 17.2 Å². The lowest BCUT2D eigenvalue weighted by atomic mass is 9.89. The molecule has 3 rings (SSSR count). The molecular formula is C25H33N3O2S. The van der Waals surface area contributed by atoms with E-state index in [1.54, 1.807) is 6.07 Å². The Morgan fingerprint density at radius 3 is 2.61 bits per heavy atom. The molecule has 0 heterocycles. The highest BCUT2D eigenvalue weighted by atomic mass is 32.2. The van der Waals surface area contributed by atoms with Crippen LogP contribution in [0.5, 0.6) is 0 Å². The number of benzene rings is 2. The highest BCUT2D eigenvalue weighted by Crippen LogP contribution is 2.25. The van der Waals surface area contributed by atoms with Gasteiger partial charge in [0.05, 0.1) is 11.3 Å². The van der Waals surface area contributed by atoms with Crippen LogP contribution in [-0.2, 0) is 4.79 Å². The van der Waals surface area contributed by atoms with Gasteiger partial charge < -0.3 is 15.5 Å². The lowest BCUT2D eigenvalue weighted by Crippen LogP contribution is -2.31. The molecule has 1 aliphatic carbocycles. The second-order valence-electron chi connectivity index (χ2n) is 8.11. The average molecular weight is 440 g/mol. The standard InChI is InChI=1S/C25H33N3O2S/c1-3-28(2)21-13-9-12-20(16-21)27-25(30)22-14-7-8-15-23(22)31-18-24(29)26-17-19-10-5-4-6-11-19/h7-9,12-16,19H,3-6,10-11,17-18H2,1-2H3,(H,26,29)(H,27,30). The number of carbonyl (C=O) groups excluding carboxylic acids is 2. The van der Waals surface area contributed by atoms with Crippen molar-refractivity contribution in [3.05, 3.63) is 54.1 Å². The molecule has 0 unspecified atom stereocenters. The van der Waals surface area contributed by atoms with E-state index in [1.807, 2.05) is 49.5 Å². The molecule has 1 saturated carbocycles. The lowest BCUT2D eigenvalue weighted by molar-refractivity contribution is -0.118. The minimum Gasteiger partial charge on any atom is -0.375 e. The molecule has 2 aromatic rings. The molecule has 0 atom stereocenters. The Labute approximate surface area is 190 Å². The van der Waals surface area contributed by atoms with E-state index in [1.165, 1.54) is 43.9 Å². The van der Waals surface area contributed by atoms with E-state index in [2.05, 4.69) is 22.5 Å². The van der Waals surface area contributed by atoms with Crippen molar-refractivity contribution in [1.29, 1.82) is 0 Å². The van der Waals surface area contributed by atoms with Crippen molar-refractivity contribution < 1.29 is 9.59 Å². The largest absolute Gasteiger partial charge is 0.375 e. The van der Waals surface area contributed by atoms with Gasteiger partial charge in [0.15, 0.2) is 0 Å². The summed E-state index contributed by atoms with van der Waals surface area (Å²) < 4.78 is 0. The number of anilines is 2. The van der Waals surface area contributed by atoms with Gasteiger partial charge >= 0.3 is 0 Å². The van der Waals surface area contributed by atoms with E-state index in [-0.39, 0.29) is 11.8 Å². The molecule has 0 aromatic heterocycles. The number of carbonyl (C=O) groups is 2. The van der Waals surface area contributed by atoms with Crippen LogP contribution in [0.25, 0.3) is 0 Å². The fourth-order valence-corrected chi connectivity index (χ4v) is 4.71. The fourth-order valence-electron chi connectivity index (χ4n) is 3.83. The van der Waals surface area contributed by atoms with Crippen molar-refractivity contribution >= 4 is 35.0 Å². The summed E-state index contributed by atoms with van der Waals surface area (Å²) in [5.74, 6) is 0.791. The quantitative estimate of drug-likeness (QED) is 0.528. The van der Waals surface area contributed by atoms with Crippen molar-refractivity contribution in [1.82, 2.24) is 5.32 Å². The normalized spacial score (nSPS) is 14.1. The molecule has 0 bridgehead atoms. The smallest absolute Gasteiger partial charge is 0.256 e. The first-order chi connectivity index (χ1) is 15.1. The molecule has 0 radical (unpaired) electrons. The van der Waals surface area contributed by atoms with Gasteiger partial charge in [0, 0.05) is 36.4 Å². The van der Waals surface area contributed by atoms with Gasteiger partial charge in [-0.1, -0.05) is 37.5 Å². The highest BCUT2D eigenvalue weighted by Gasteiger charge is 2.16. The monoisotopic (exact) mass is 439 g/mol. The molecule has 31 heavy (non-hydrogen) atoms. The van der Waals surface area contributed by atoms with Crippen molar-refractivity contribution in [3.63, 3.8) is 0 Å². The number of rotatable bonds is 9. The summed E-state index contributed by atoms with van der Waals surface area (Å²) >= 11 is 1.41. The van der Waals surface area contributed by atoms with Crippen molar-refractivity contribution in [2.45, 2.75) is 43.9 Å². The molecule has 2 N–H and O–H groups in total. The predicted octanol–water partition coefficient (Wildman–Crippen LogP) is 5.18. The Bertz CT molecular complexity index is 881. The van der Waals surface area contributed by atoms with Crippen LogP contribution >= 0.6 is 11.8 Å². The van der Waals surface area contributed by atoms with Gasteiger partial charge in [-0.2, -0.15) is 0 Å². The van der Waals surface area contributed by atoms with E-state index < -0.39 is 0 Å². The second-order valence-corrected chi connectivity index (χ2v) is 9.13. The summed E-state index contributed by atoms with van der Waals surface area (Å²) in [6.45, 7) is 3.74. The average Bonchev–Trinajstić information content (AvgIpc) is 2.81. The molecule has 1 fully saturated rings. The molecule has 0 saturated heterocycles. The maximum atomic E-state index is 12.9. The molecule has 1 aliphatic rings. The van der Waals surface area contributed by atoms with Crippen molar-refractivity contribution in [3.8, 4) is 0 Å². The molecule has 166 valence electrons. The van der Waals surface area contributed by atoms with Gasteiger partial charge in [0.1, 0.15) is 0 Å². The molecule has 2 amide bonds. The lowest BCUT2D eigenvalue weighted by Gasteiger charge is -2.21. The summed E-state index contributed by atoms with van der Waals surface area (Å²) in [4.78, 5) is 28.2. The molecule has 0 aliphatic heterocycles. The SMILES string of the molecule is CCN(C)c1cccc(NC(=O)c2ccccc2SCC(=O)NCC2CCCCC2)c1. The number of nitrogens with zero attached hydrogens (tertiary/aromatic N) is 1. The van der Waals surface area contributed by atoms with E-state index >= 15 is 0 Å². The Hall–Kier alpha value is -2.47. The Morgan fingerprint density at radius 2 is 1.84 bits per heavy atom. The van der Waals surface area contributed by atoms with E-state index in [9.17, 15) is 9.59 Å². The van der Waals surface area contributed by atoms with Crippen LogP contribution in [0.15, 0.2) is 53.4 Å². The summed E-state index contributed by atoms with van der Waals surface area (Å²) in [7, 11) is 2.02.